The predicted octanol–water partition coefficient (Wildman–Crippen LogP) is 4.01. The molecule has 2 aromatic rings. The second-order valence-corrected chi connectivity index (χ2v) is 8.50. The maximum atomic E-state index is 12.9. The molecule has 9 heteroatoms. The molecule has 0 N–H and O–H groups in total. The molecule has 2 fully saturated rings. The number of amides is 2. The first-order valence-electron chi connectivity index (χ1n) is 9.22. The summed E-state index contributed by atoms with van der Waals surface area (Å²) >= 11 is 1.57. The van der Waals surface area contributed by atoms with E-state index in [1.807, 2.05) is 11.0 Å². The van der Waals surface area contributed by atoms with Crippen LogP contribution in [0.15, 0.2) is 47.1 Å². The zero-order chi connectivity index (χ0) is 20.6. The van der Waals surface area contributed by atoms with Gasteiger partial charge in [0.05, 0.1) is 29.0 Å². The Morgan fingerprint density at radius 3 is 2.59 bits per heavy atom. The molecule has 1 spiro atoms. The van der Waals surface area contributed by atoms with Gasteiger partial charge in [-0.3, -0.25) is 9.59 Å². The van der Waals surface area contributed by atoms with Crippen molar-refractivity contribution in [3.63, 3.8) is 0 Å². The van der Waals surface area contributed by atoms with Crippen LogP contribution in [-0.2, 0) is 17.5 Å². The highest BCUT2D eigenvalue weighted by Crippen LogP contribution is 2.45. The Labute approximate surface area is 169 Å². The molecule has 1 aromatic carbocycles. The smallest absolute Gasteiger partial charge is 0.416 e. The van der Waals surface area contributed by atoms with E-state index in [2.05, 4.69) is 0 Å². The van der Waals surface area contributed by atoms with Crippen molar-refractivity contribution in [2.45, 2.75) is 30.4 Å². The molecule has 5 nitrogen and oxygen atoms in total. The van der Waals surface area contributed by atoms with E-state index in [-0.39, 0.29) is 11.5 Å². The van der Waals surface area contributed by atoms with Gasteiger partial charge in [0.25, 0.3) is 5.91 Å². The molecule has 0 radical (unpaired) electrons. The van der Waals surface area contributed by atoms with Crippen molar-refractivity contribution in [1.29, 1.82) is 0 Å². The number of thioether (sulfide) groups is 1. The van der Waals surface area contributed by atoms with Crippen molar-refractivity contribution in [1.82, 2.24) is 9.80 Å². The number of nitrogens with zero attached hydrogens (tertiary/aromatic N) is 2. The van der Waals surface area contributed by atoms with Gasteiger partial charge in [-0.1, -0.05) is 6.07 Å². The molecule has 0 unspecified atom stereocenters. The Bertz CT molecular complexity index is 906. The number of hydrogen-bond acceptors (Lipinski definition) is 4. The monoisotopic (exact) mass is 424 g/mol. The number of hydrogen-bond donors (Lipinski definition) is 0. The highest BCUT2D eigenvalue weighted by Gasteiger charge is 2.48. The average molecular weight is 424 g/mol. The number of piperidine rings is 1. The minimum Gasteiger partial charge on any atom is -0.467 e. The van der Waals surface area contributed by atoms with Crippen LogP contribution in [0.25, 0.3) is 0 Å². The lowest BCUT2D eigenvalue weighted by Crippen LogP contribution is -2.52. The molecule has 0 aliphatic carbocycles. The first-order chi connectivity index (χ1) is 13.8. The van der Waals surface area contributed by atoms with Crippen LogP contribution >= 0.6 is 11.8 Å². The van der Waals surface area contributed by atoms with Crippen molar-refractivity contribution in [2.24, 2.45) is 0 Å². The van der Waals surface area contributed by atoms with Gasteiger partial charge in [0, 0.05) is 18.7 Å². The summed E-state index contributed by atoms with van der Waals surface area (Å²) < 4.78 is 44.2. The minimum absolute atomic E-state index is 0.0263. The standard InChI is InChI=1S/C20H19F3N2O3S/c21-20(22,23)15-4-1-3-14(11-15)18(27)24-8-6-19(7-9-24)25(17(26)13-29-19)12-16-5-2-10-28-16/h1-5,10-11H,6-9,12-13H2. The Morgan fingerprint density at radius 2 is 1.93 bits per heavy atom. The first kappa shape index (κ1) is 19.9. The third-order valence-electron chi connectivity index (χ3n) is 5.42. The summed E-state index contributed by atoms with van der Waals surface area (Å²) in [7, 11) is 0. The van der Waals surface area contributed by atoms with Gasteiger partial charge in [-0.25, -0.2) is 0 Å². The number of halogens is 3. The zero-order valence-corrected chi connectivity index (χ0v) is 16.3. The lowest BCUT2D eigenvalue weighted by molar-refractivity contribution is -0.137. The summed E-state index contributed by atoms with van der Waals surface area (Å²) in [6.45, 7) is 1.13. The van der Waals surface area contributed by atoms with Gasteiger partial charge in [0.1, 0.15) is 5.76 Å². The SMILES string of the molecule is O=C(c1cccc(C(F)(F)F)c1)N1CCC2(CC1)SCC(=O)N2Cc1ccco1. The van der Waals surface area contributed by atoms with Gasteiger partial charge in [0.15, 0.2) is 0 Å². The first-order valence-corrected chi connectivity index (χ1v) is 10.2. The van der Waals surface area contributed by atoms with Crippen LogP contribution in [0.4, 0.5) is 13.2 Å². The topological polar surface area (TPSA) is 53.8 Å². The van der Waals surface area contributed by atoms with Crippen LogP contribution in [0.2, 0.25) is 0 Å². The molecule has 0 saturated carbocycles. The third-order valence-corrected chi connectivity index (χ3v) is 6.98. The number of likely N-dealkylation sites (tertiary alicyclic amines) is 1. The Morgan fingerprint density at radius 1 is 1.17 bits per heavy atom. The number of carbonyl (C=O) groups excluding carboxylic acids is 2. The molecule has 2 aliphatic heterocycles. The summed E-state index contributed by atoms with van der Waals surface area (Å²) in [5, 5.41) is 0. The van der Waals surface area contributed by atoms with Gasteiger partial charge < -0.3 is 14.2 Å². The quantitative estimate of drug-likeness (QED) is 0.747. The largest absolute Gasteiger partial charge is 0.467 e. The van der Waals surface area contributed by atoms with Gasteiger partial charge >= 0.3 is 6.18 Å². The normalized spacial score (nSPS) is 19.2. The maximum Gasteiger partial charge on any atom is 0.416 e. The number of furan rings is 1. The van der Waals surface area contributed by atoms with Crippen LogP contribution < -0.4 is 0 Å². The highest BCUT2D eigenvalue weighted by atomic mass is 32.2. The van der Waals surface area contributed by atoms with Crippen LogP contribution in [0.5, 0.6) is 0 Å². The molecule has 0 atom stereocenters. The molecule has 29 heavy (non-hydrogen) atoms. The zero-order valence-electron chi connectivity index (χ0n) is 15.4. The van der Waals surface area contributed by atoms with Gasteiger partial charge in [-0.15, -0.1) is 11.8 Å². The average Bonchev–Trinajstić information content (AvgIpc) is 3.32. The number of benzene rings is 1. The lowest BCUT2D eigenvalue weighted by Gasteiger charge is -2.43. The van der Waals surface area contributed by atoms with Crippen molar-refractivity contribution in [2.75, 3.05) is 18.8 Å². The summed E-state index contributed by atoms with van der Waals surface area (Å²) in [5.41, 5.74) is -0.809. The molecular formula is C20H19F3N2O3S. The van der Waals surface area contributed by atoms with E-state index in [9.17, 15) is 22.8 Å². The lowest BCUT2D eigenvalue weighted by atomic mass is 10.0. The van der Waals surface area contributed by atoms with Crippen LogP contribution in [0, 0.1) is 0 Å². The summed E-state index contributed by atoms with van der Waals surface area (Å²) in [5.74, 6) is 0.687. The summed E-state index contributed by atoms with van der Waals surface area (Å²) in [6.07, 6.45) is -1.80. The fraction of sp³-hybridized carbons (Fsp3) is 0.400. The van der Waals surface area contributed by atoms with E-state index in [0.717, 1.165) is 12.1 Å². The van der Waals surface area contributed by atoms with Crippen LogP contribution in [0.3, 0.4) is 0 Å². The Balaban J connectivity index is 1.46. The number of alkyl halides is 3. The minimum atomic E-state index is -4.49. The van der Waals surface area contributed by atoms with Crippen molar-refractivity contribution >= 4 is 23.6 Å². The number of carbonyl (C=O) groups is 2. The fourth-order valence-corrected chi connectivity index (χ4v) is 5.20. The fourth-order valence-electron chi connectivity index (χ4n) is 3.85. The second-order valence-electron chi connectivity index (χ2n) is 7.16. The molecule has 4 rings (SSSR count). The third kappa shape index (κ3) is 3.88. The molecule has 2 aliphatic rings. The van der Waals surface area contributed by atoms with Crippen molar-refractivity contribution in [3.05, 3.63) is 59.5 Å². The molecule has 3 heterocycles. The van der Waals surface area contributed by atoms with Gasteiger partial charge in [0.2, 0.25) is 5.91 Å². The molecule has 1 aromatic heterocycles. The van der Waals surface area contributed by atoms with Gasteiger partial charge in [-0.05, 0) is 43.2 Å². The Kier molecular flexibility index (Phi) is 5.10. The molecular weight excluding hydrogens is 405 g/mol. The second kappa shape index (κ2) is 7.44. The molecule has 154 valence electrons. The molecule has 0 bridgehead atoms. The van der Waals surface area contributed by atoms with Crippen molar-refractivity contribution in [3.8, 4) is 0 Å². The molecule has 2 amide bonds. The van der Waals surface area contributed by atoms with E-state index in [1.54, 1.807) is 29.0 Å². The number of rotatable bonds is 3. The van der Waals surface area contributed by atoms with E-state index in [0.29, 0.717) is 44.0 Å². The highest BCUT2D eigenvalue weighted by molar-refractivity contribution is 8.01. The van der Waals surface area contributed by atoms with E-state index < -0.39 is 22.5 Å². The predicted molar refractivity (Wildman–Crippen MR) is 101 cm³/mol. The van der Waals surface area contributed by atoms with Crippen LogP contribution in [0.1, 0.15) is 34.5 Å². The van der Waals surface area contributed by atoms with Crippen LogP contribution in [-0.4, -0.2) is 45.3 Å². The van der Waals surface area contributed by atoms with E-state index in [4.69, 9.17) is 4.42 Å². The Hall–Kier alpha value is -2.42. The van der Waals surface area contributed by atoms with Crippen molar-refractivity contribution < 1.29 is 27.2 Å². The van der Waals surface area contributed by atoms with Gasteiger partial charge in [-0.2, -0.15) is 13.2 Å². The summed E-state index contributed by atoms with van der Waals surface area (Å²) in [6, 6.07) is 8.08. The molecule has 2 saturated heterocycles. The summed E-state index contributed by atoms with van der Waals surface area (Å²) in [4.78, 5) is 28.1. The maximum absolute atomic E-state index is 12.9. The van der Waals surface area contributed by atoms with E-state index >= 15 is 0 Å². The van der Waals surface area contributed by atoms with E-state index in [1.165, 1.54) is 12.1 Å².